The van der Waals surface area contributed by atoms with Gasteiger partial charge in [-0.3, -0.25) is 4.79 Å². The summed E-state index contributed by atoms with van der Waals surface area (Å²) < 4.78 is 0.161. The van der Waals surface area contributed by atoms with Crippen molar-refractivity contribution in [1.29, 1.82) is 0 Å². The summed E-state index contributed by atoms with van der Waals surface area (Å²) in [5.74, 6) is -1.33. The van der Waals surface area contributed by atoms with E-state index in [1.165, 1.54) is 12.1 Å². The van der Waals surface area contributed by atoms with Crippen LogP contribution >= 0.6 is 23.2 Å². The normalized spacial score (nSPS) is 22.3. The SMILES string of the molecule is CC1(C)[C@@H](C=C(Cl)Cl)[C@@H]1C(=O)Nc1ccc(C(=O)O)cc1. The van der Waals surface area contributed by atoms with Gasteiger partial charge in [0.25, 0.3) is 0 Å². The number of hydrogen-bond acceptors (Lipinski definition) is 2. The number of benzene rings is 1. The fourth-order valence-corrected chi connectivity index (χ4v) is 2.81. The van der Waals surface area contributed by atoms with E-state index in [9.17, 15) is 9.59 Å². The largest absolute Gasteiger partial charge is 0.478 e. The van der Waals surface area contributed by atoms with Crippen molar-refractivity contribution in [3.8, 4) is 0 Å². The molecule has 4 nitrogen and oxygen atoms in total. The first-order valence-electron chi connectivity index (χ1n) is 6.40. The van der Waals surface area contributed by atoms with Crippen LogP contribution in [0.2, 0.25) is 0 Å². The first kappa shape index (κ1) is 15.9. The number of halogens is 2. The van der Waals surface area contributed by atoms with Crippen LogP contribution in [0.3, 0.4) is 0 Å². The van der Waals surface area contributed by atoms with Gasteiger partial charge in [-0.25, -0.2) is 4.79 Å². The number of amides is 1. The maximum Gasteiger partial charge on any atom is 0.335 e. The molecule has 0 saturated heterocycles. The molecule has 2 rings (SSSR count). The number of carbonyl (C=O) groups excluding carboxylic acids is 1. The summed E-state index contributed by atoms with van der Waals surface area (Å²) in [5.41, 5.74) is 0.544. The van der Waals surface area contributed by atoms with Crippen molar-refractivity contribution in [3.63, 3.8) is 0 Å². The zero-order chi connectivity index (χ0) is 15.8. The molecular weight excluding hydrogens is 313 g/mol. The van der Waals surface area contributed by atoms with Gasteiger partial charge in [0.05, 0.1) is 11.5 Å². The fourth-order valence-electron chi connectivity index (χ4n) is 2.54. The van der Waals surface area contributed by atoms with Gasteiger partial charge in [0, 0.05) is 5.69 Å². The zero-order valence-electron chi connectivity index (χ0n) is 11.6. The fraction of sp³-hybridized carbons (Fsp3) is 0.333. The molecule has 1 amide bonds. The molecule has 0 bridgehead atoms. The lowest BCUT2D eigenvalue weighted by Crippen LogP contribution is -2.16. The number of carboxylic acid groups (broad SMARTS) is 1. The quantitative estimate of drug-likeness (QED) is 0.880. The Hall–Kier alpha value is -1.52. The lowest BCUT2D eigenvalue weighted by molar-refractivity contribution is -0.118. The molecule has 0 aliphatic heterocycles. The van der Waals surface area contributed by atoms with Crippen molar-refractivity contribution < 1.29 is 14.7 Å². The van der Waals surface area contributed by atoms with Crippen LogP contribution in [0.4, 0.5) is 5.69 Å². The molecule has 6 heteroatoms. The Morgan fingerprint density at radius 2 is 1.81 bits per heavy atom. The Morgan fingerprint density at radius 1 is 1.24 bits per heavy atom. The highest BCUT2D eigenvalue weighted by atomic mass is 35.5. The van der Waals surface area contributed by atoms with E-state index in [2.05, 4.69) is 5.32 Å². The third-order valence-corrected chi connectivity index (χ3v) is 4.15. The molecule has 2 atom stereocenters. The Kier molecular flexibility index (Phi) is 4.30. The zero-order valence-corrected chi connectivity index (χ0v) is 13.1. The average molecular weight is 328 g/mol. The van der Waals surface area contributed by atoms with E-state index >= 15 is 0 Å². The topological polar surface area (TPSA) is 66.4 Å². The second-order valence-corrected chi connectivity index (χ2v) is 6.66. The van der Waals surface area contributed by atoms with E-state index in [4.69, 9.17) is 28.3 Å². The molecule has 1 aromatic rings. The summed E-state index contributed by atoms with van der Waals surface area (Å²) in [5, 5.41) is 11.6. The van der Waals surface area contributed by atoms with Crippen LogP contribution in [0.1, 0.15) is 24.2 Å². The lowest BCUT2D eigenvalue weighted by atomic mass is 10.1. The number of allylic oxidation sites excluding steroid dienone is 1. The molecule has 0 unspecified atom stereocenters. The highest BCUT2D eigenvalue weighted by Crippen LogP contribution is 2.59. The molecular formula is C15H15Cl2NO3. The standard InChI is InChI=1S/C15H15Cl2NO3/c1-15(2)10(7-11(16)17)12(15)13(19)18-9-5-3-8(4-6-9)14(20)21/h3-7,10,12H,1-2H3,(H,18,19)(H,20,21)/t10-,12+/m0/s1. The molecule has 1 aliphatic carbocycles. The molecule has 0 radical (unpaired) electrons. The van der Waals surface area contributed by atoms with Crippen LogP contribution in [0, 0.1) is 17.3 Å². The third kappa shape index (κ3) is 3.39. The van der Waals surface area contributed by atoms with E-state index in [0.717, 1.165) is 0 Å². The first-order chi connectivity index (χ1) is 9.73. The number of hydrogen-bond donors (Lipinski definition) is 2. The highest BCUT2D eigenvalue weighted by Gasteiger charge is 2.60. The van der Waals surface area contributed by atoms with E-state index < -0.39 is 5.97 Å². The molecule has 112 valence electrons. The number of carbonyl (C=O) groups is 2. The van der Waals surface area contributed by atoms with Crippen LogP contribution in [-0.4, -0.2) is 17.0 Å². The van der Waals surface area contributed by atoms with Crippen LogP contribution in [-0.2, 0) is 4.79 Å². The van der Waals surface area contributed by atoms with Gasteiger partial charge in [0.15, 0.2) is 0 Å². The van der Waals surface area contributed by atoms with E-state index in [1.54, 1.807) is 18.2 Å². The average Bonchev–Trinajstić information content (AvgIpc) is 2.90. The van der Waals surface area contributed by atoms with Crippen molar-refractivity contribution in [1.82, 2.24) is 0 Å². The predicted molar refractivity (Wildman–Crippen MR) is 82.6 cm³/mol. The Balaban J connectivity index is 2.05. The molecule has 2 N–H and O–H groups in total. The second kappa shape index (κ2) is 5.70. The minimum atomic E-state index is -1.00. The summed E-state index contributed by atoms with van der Waals surface area (Å²) in [4.78, 5) is 23.0. The van der Waals surface area contributed by atoms with Crippen molar-refractivity contribution in [3.05, 3.63) is 40.4 Å². The lowest BCUT2D eigenvalue weighted by Gasteiger charge is -2.06. The van der Waals surface area contributed by atoms with Crippen LogP contribution in [0.25, 0.3) is 0 Å². The van der Waals surface area contributed by atoms with Gasteiger partial charge in [-0.1, -0.05) is 37.0 Å². The summed E-state index contributed by atoms with van der Waals surface area (Å²) in [6, 6.07) is 6.03. The van der Waals surface area contributed by atoms with E-state index in [-0.39, 0.29) is 33.2 Å². The third-order valence-electron chi connectivity index (χ3n) is 3.90. The van der Waals surface area contributed by atoms with Crippen molar-refractivity contribution in [2.75, 3.05) is 5.32 Å². The monoisotopic (exact) mass is 327 g/mol. The van der Waals surface area contributed by atoms with Crippen molar-refractivity contribution in [2.45, 2.75) is 13.8 Å². The van der Waals surface area contributed by atoms with E-state index in [0.29, 0.717) is 5.69 Å². The smallest absolute Gasteiger partial charge is 0.335 e. The molecule has 1 aliphatic rings. The molecule has 0 heterocycles. The van der Waals surface area contributed by atoms with Crippen LogP contribution < -0.4 is 5.32 Å². The Labute approximate surface area is 132 Å². The van der Waals surface area contributed by atoms with Crippen molar-refractivity contribution in [2.24, 2.45) is 17.3 Å². The summed E-state index contributed by atoms with van der Waals surface area (Å²) >= 11 is 11.3. The second-order valence-electron chi connectivity index (χ2n) is 5.65. The Bertz CT molecular complexity index is 604. The van der Waals surface area contributed by atoms with Gasteiger partial charge in [-0.15, -0.1) is 0 Å². The van der Waals surface area contributed by atoms with E-state index in [1.807, 2.05) is 13.8 Å². The molecule has 1 aromatic carbocycles. The number of aromatic carboxylic acids is 1. The minimum absolute atomic E-state index is 0.000734. The maximum atomic E-state index is 12.3. The predicted octanol–water partition coefficient (Wildman–Crippen LogP) is 3.91. The number of rotatable bonds is 4. The molecule has 1 fully saturated rings. The van der Waals surface area contributed by atoms with Gasteiger partial charge in [0.1, 0.15) is 4.49 Å². The number of anilines is 1. The molecule has 21 heavy (non-hydrogen) atoms. The Morgan fingerprint density at radius 3 is 2.29 bits per heavy atom. The molecule has 0 spiro atoms. The van der Waals surface area contributed by atoms with Crippen LogP contribution in [0.15, 0.2) is 34.8 Å². The van der Waals surface area contributed by atoms with Gasteiger partial charge in [-0.2, -0.15) is 0 Å². The first-order valence-corrected chi connectivity index (χ1v) is 7.16. The maximum absolute atomic E-state index is 12.3. The molecule has 0 aromatic heterocycles. The van der Waals surface area contributed by atoms with Gasteiger partial charge in [-0.05, 0) is 41.7 Å². The highest BCUT2D eigenvalue weighted by molar-refractivity contribution is 6.55. The minimum Gasteiger partial charge on any atom is -0.478 e. The number of nitrogens with one attached hydrogen (secondary N) is 1. The summed E-state index contributed by atoms with van der Waals surface area (Å²) in [7, 11) is 0. The van der Waals surface area contributed by atoms with Gasteiger partial charge < -0.3 is 10.4 Å². The van der Waals surface area contributed by atoms with Gasteiger partial charge >= 0.3 is 5.97 Å². The summed E-state index contributed by atoms with van der Waals surface area (Å²) in [6.07, 6.45) is 1.68. The van der Waals surface area contributed by atoms with Gasteiger partial charge in [0.2, 0.25) is 5.91 Å². The molecule has 1 saturated carbocycles. The van der Waals surface area contributed by atoms with Crippen LogP contribution in [0.5, 0.6) is 0 Å². The van der Waals surface area contributed by atoms with Crippen molar-refractivity contribution >= 4 is 40.8 Å². The summed E-state index contributed by atoms with van der Waals surface area (Å²) in [6.45, 7) is 3.95. The number of carboxylic acids is 1.